The number of amidine groups is 1. The number of ether oxygens (including phenoxy) is 1. The summed E-state index contributed by atoms with van der Waals surface area (Å²) in [5, 5.41) is 12.2. The third-order valence-electron chi connectivity index (χ3n) is 3.55. The lowest BCUT2D eigenvalue weighted by Crippen LogP contribution is -2.23. The van der Waals surface area contributed by atoms with Crippen LogP contribution in [0.15, 0.2) is 53.7 Å². The van der Waals surface area contributed by atoms with Crippen molar-refractivity contribution in [3.8, 4) is 5.75 Å². The average molecular weight is 284 g/mol. The first kappa shape index (κ1) is 14.9. The number of aryl methyl sites for hydroxylation is 1. The van der Waals surface area contributed by atoms with Gasteiger partial charge >= 0.3 is 0 Å². The molecule has 1 atom stereocenters. The van der Waals surface area contributed by atoms with Gasteiger partial charge in [0.2, 0.25) is 0 Å². The second-order valence-corrected chi connectivity index (χ2v) is 5.04. The van der Waals surface area contributed by atoms with Crippen molar-refractivity contribution in [2.45, 2.75) is 19.3 Å². The minimum atomic E-state index is -0.163. The van der Waals surface area contributed by atoms with Gasteiger partial charge in [-0.2, -0.15) is 0 Å². The molecule has 2 aromatic carbocycles. The van der Waals surface area contributed by atoms with Gasteiger partial charge in [-0.25, -0.2) is 0 Å². The molecule has 4 heteroatoms. The topological polar surface area (TPSA) is 67.8 Å². The van der Waals surface area contributed by atoms with Crippen molar-refractivity contribution in [3.63, 3.8) is 0 Å². The molecule has 0 aromatic heterocycles. The maximum absolute atomic E-state index is 9.03. The summed E-state index contributed by atoms with van der Waals surface area (Å²) in [5.41, 5.74) is 9.22. The highest BCUT2D eigenvalue weighted by molar-refractivity contribution is 5.87. The van der Waals surface area contributed by atoms with Crippen LogP contribution in [-0.4, -0.2) is 18.2 Å². The summed E-state index contributed by atoms with van der Waals surface area (Å²) in [5.74, 6) is 0.830. The third kappa shape index (κ3) is 3.75. The van der Waals surface area contributed by atoms with E-state index in [2.05, 4.69) is 29.4 Å². The van der Waals surface area contributed by atoms with Gasteiger partial charge in [-0.15, -0.1) is 0 Å². The van der Waals surface area contributed by atoms with Crippen LogP contribution in [-0.2, 0) is 6.42 Å². The van der Waals surface area contributed by atoms with Gasteiger partial charge in [0.15, 0.2) is 0 Å². The van der Waals surface area contributed by atoms with Crippen LogP contribution in [0.2, 0.25) is 0 Å². The maximum atomic E-state index is 9.03. The summed E-state index contributed by atoms with van der Waals surface area (Å²) in [4.78, 5) is 0. The Kier molecular flexibility index (Phi) is 4.82. The van der Waals surface area contributed by atoms with Crippen molar-refractivity contribution in [1.82, 2.24) is 0 Å². The highest BCUT2D eigenvalue weighted by Gasteiger charge is 2.17. The van der Waals surface area contributed by atoms with Gasteiger partial charge in [0.25, 0.3) is 0 Å². The molecular weight excluding hydrogens is 264 g/mol. The molecule has 0 saturated carbocycles. The highest BCUT2D eigenvalue weighted by Crippen LogP contribution is 2.24. The first-order valence-corrected chi connectivity index (χ1v) is 6.81. The molecule has 0 aliphatic heterocycles. The van der Waals surface area contributed by atoms with E-state index in [1.807, 2.05) is 31.2 Å². The van der Waals surface area contributed by atoms with Crippen LogP contribution in [0.25, 0.3) is 0 Å². The number of nitrogens with two attached hydrogens (primary N) is 1. The molecule has 3 N–H and O–H groups in total. The van der Waals surface area contributed by atoms with E-state index < -0.39 is 0 Å². The van der Waals surface area contributed by atoms with E-state index in [9.17, 15) is 0 Å². The van der Waals surface area contributed by atoms with Crippen LogP contribution in [0.1, 0.15) is 22.6 Å². The Balaban J connectivity index is 2.27. The van der Waals surface area contributed by atoms with Crippen LogP contribution in [0.4, 0.5) is 0 Å². The van der Waals surface area contributed by atoms with Crippen LogP contribution in [0.3, 0.4) is 0 Å². The first-order valence-electron chi connectivity index (χ1n) is 6.81. The van der Waals surface area contributed by atoms with Gasteiger partial charge in [0, 0.05) is 5.92 Å². The predicted octanol–water partition coefficient (Wildman–Crippen LogP) is 3.08. The Morgan fingerprint density at radius 2 is 1.76 bits per heavy atom. The molecule has 0 spiro atoms. The fourth-order valence-electron chi connectivity index (χ4n) is 2.26. The summed E-state index contributed by atoms with van der Waals surface area (Å²) >= 11 is 0. The van der Waals surface area contributed by atoms with E-state index >= 15 is 0 Å². The Bertz CT molecular complexity index is 604. The fourth-order valence-corrected chi connectivity index (χ4v) is 2.26. The van der Waals surface area contributed by atoms with E-state index in [1.54, 1.807) is 7.11 Å². The van der Waals surface area contributed by atoms with E-state index in [1.165, 1.54) is 5.56 Å². The molecule has 0 radical (unpaired) electrons. The van der Waals surface area contributed by atoms with Gasteiger partial charge in [-0.3, -0.25) is 0 Å². The Labute approximate surface area is 124 Å². The molecule has 0 amide bonds. The number of methoxy groups -OCH3 is 1. The Morgan fingerprint density at radius 3 is 2.29 bits per heavy atom. The first-order chi connectivity index (χ1) is 10.1. The van der Waals surface area contributed by atoms with Crippen molar-refractivity contribution >= 4 is 5.84 Å². The van der Waals surface area contributed by atoms with Gasteiger partial charge in [-0.05, 0) is 36.6 Å². The highest BCUT2D eigenvalue weighted by atomic mass is 16.5. The zero-order chi connectivity index (χ0) is 15.2. The molecule has 0 aliphatic carbocycles. The van der Waals surface area contributed by atoms with Crippen molar-refractivity contribution < 1.29 is 9.94 Å². The number of oxime groups is 1. The zero-order valence-corrected chi connectivity index (χ0v) is 12.3. The second kappa shape index (κ2) is 6.79. The molecule has 21 heavy (non-hydrogen) atoms. The van der Waals surface area contributed by atoms with Crippen molar-refractivity contribution in [1.29, 1.82) is 0 Å². The van der Waals surface area contributed by atoms with Gasteiger partial charge in [0.05, 0.1) is 7.11 Å². The summed E-state index contributed by atoms with van der Waals surface area (Å²) in [6.45, 7) is 2.05. The predicted molar refractivity (Wildman–Crippen MR) is 84.0 cm³/mol. The summed E-state index contributed by atoms with van der Waals surface area (Å²) in [7, 11) is 1.63. The molecule has 0 aliphatic rings. The summed E-state index contributed by atoms with van der Waals surface area (Å²) < 4.78 is 5.16. The molecule has 0 fully saturated rings. The van der Waals surface area contributed by atoms with E-state index in [-0.39, 0.29) is 11.8 Å². The lowest BCUT2D eigenvalue weighted by Gasteiger charge is -2.16. The minimum absolute atomic E-state index is 0.163. The monoisotopic (exact) mass is 284 g/mol. The zero-order valence-electron chi connectivity index (χ0n) is 12.3. The molecule has 2 rings (SSSR count). The molecule has 110 valence electrons. The summed E-state index contributed by atoms with van der Waals surface area (Å²) in [6.07, 6.45) is 0.683. The third-order valence-corrected chi connectivity index (χ3v) is 3.55. The largest absolute Gasteiger partial charge is 0.497 e. The van der Waals surface area contributed by atoms with E-state index in [0.717, 1.165) is 16.9 Å². The molecular formula is C17H20N2O2. The van der Waals surface area contributed by atoms with Gasteiger partial charge in [0.1, 0.15) is 11.6 Å². The lowest BCUT2D eigenvalue weighted by molar-refractivity contribution is 0.316. The quantitative estimate of drug-likeness (QED) is 0.384. The molecule has 0 heterocycles. The lowest BCUT2D eigenvalue weighted by atomic mass is 9.90. The van der Waals surface area contributed by atoms with Crippen LogP contribution < -0.4 is 10.5 Å². The minimum Gasteiger partial charge on any atom is -0.497 e. The average Bonchev–Trinajstić information content (AvgIpc) is 2.54. The maximum Gasteiger partial charge on any atom is 0.147 e. The Morgan fingerprint density at radius 1 is 1.14 bits per heavy atom. The smallest absolute Gasteiger partial charge is 0.147 e. The molecule has 0 saturated heterocycles. The number of hydrogen-bond donors (Lipinski definition) is 2. The molecule has 0 bridgehead atoms. The van der Waals surface area contributed by atoms with Crippen molar-refractivity contribution in [3.05, 3.63) is 65.2 Å². The number of hydrogen-bond acceptors (Lipinski definition) is 3. The molecule has 4 nitrogen and oxygen atoms in total. The normalized spacial score (nSPS) is 13.0. The SMILES string of the molecule is COc1ccc(C(Cc2ccc(C)cc2)C(N)=NO)cc1. The van der Waals surface area contributed by atoms with E-state index in [4.69, 9.17) is 15.7 Å². The molecule has 2 aromatic rings. The number of nitrogens with zero attached hydrogens (tertiary/aromatic N) is 1. The van der Waals surface area contributed by atoms with Crippen LogP contribution >= 0.6 is 0 Å². The Hall–Kier alpha value is -2.49. The standard InChI is InChI=1S/C17H20N2O2/c1-12-3-5-13(6-4-12)11-16(17(18)19-20)14-7-9-15(21-2)10-8-14/h3-10,16,20H,11H2,1-2H3,(H2,18,19). The van der Waals surface area contributed by atoms with Gasteiger partial charge < -0.3 is 15.7 Å². The number of benzene rings is 2. The van der Waals surface area contributed by atoms with Crippen LogP contribution in [0, 0.1) is 6.92 Å². The van der Waals surface area contributed by atoms with Crippen molar-refractivity contribution in [2.75, 3.05) is 7.11 Å². The summed E-state index contributed by atoms with van der Waals surface area (Å²) in [6, 6.07) is 15.9. The van der Waals surface area contributed by atoms with E-state index in [0.29, 0.717) is 6.42 Å². The van der Waals surface area contributed by atoms with Gasteiger partial charge in [-0.1, -0.05) is 47.1 Å². The molecule has 1 unspecified atom stereocenters. The second-order valence-electron chi connectivity index (χ2n) is 5.04. The number of rotatable bonds is 5. The van der Waals surface area contributed by atoms with Crippen molar-refractivity contribution in [2.24, 2.45) is 10.9 Å². The van der Waals surface area contributed by atoms with Crippen LogP contribution in [0.5, 0.6) is 5.75 Å². The fraction of sp³-hybridized carbons (Fsp3) is 0.235.